The number of nitrogens with zero attached hydrogens (tertiary/aromatic N) is 3. The fraction of sp³-hybridized carbons (Fsp3) is 0.483. The highest BCUT2D eigenvalue weighted by Crippen LogP contribution is 2.34. The van der Waals surface area contributed by atoms with Crippen LogP contribution in [0.3, 0.4) is 0 Å². The van der Waals surface area contributed by atoms with Crippen LogP contribution >= 0.6 is 0 Å². The number of likely N-dealkylation sites (N-methyl/N-ethyl adjacent to an activating group) is 1. The molecule has 1 N–H and O–H groups in total. The first-order valence-electron chi connectivity index (χ1n) is 13.4. The Morgan fingerprint density at radius 3 is 2.51 bits per heavy atom. The van der Waals surface area contributed by atoms with Crippen molar-refractivity contribution in [1.82, 2.24) is 14.1 Å². The van der Waals surface area contributed by atoms with Crippen LogP contribution in [-0.4, -0.2) is 105 Å². The number of morpholine rings is 1. The lowest BCUT2D eigenvalue weighted by Crippen LogP contribution is -2.51. The highest BCUT2D eigenvalue weighted by atomic mass is 32.2. The van der Waals surface area contributed by atoms with Crippen molar-refractivity contribution in [2.24, 2.45) is 5.92 Å². The van der Waals surface area contributed by atoms with E-state index in [9.17, 15) is 18.3 Å². The quantitative estimate of drug-likeness (QED) is 0.498. The summed E-state index contributed by atoms with van der Waals surface area (Å²) in [6, 6.07) is 14.3. The van der Waals surface area contributed by atoms with Crippen LogP contribution in [0, 0.1) is 5.92 Å². The number of carbonyl (C=O) groups is 1. The van der Waals surface area contributed by atoms with Crippen molar-refractivity contribution in [3.8, 4) is 5.75 Å². The molecule has 2 aliphatic heterocycles. The minimum Gasteiger partial charge on any atom is -0.487 e. The lowest BCUT2D eigenvalue weighted by Gasteiger charge is -2.38. The molecule has 39 heavy (non-hydrogen) atoms. The number of carbonyl (C=O) groups excluding carboxylic acids is 1. The van der Waals surface area contributed by atoms with E-state index in [1.807, 2.05) is 49.4 Å². The van der Waals surface area contributed by atoms with Crippen molar-refractivity contribution < 1.29 is 27.8 Å². The smallest absolute Gasteiger partial charge is 0.247 e. The van der Waals surface area contributed by atoms with Crippen molar-refractivity contribution in [1.29, 1.82) is 0 Å². The van der Waals surface area contributed by atoms with Gasteiger partial charge in [0, 0.05) is 38.6 Å². The third-order valence-corrected chi connectivity index (χ3v) is 9.32. The Morgan fingerprint density at radius 2 is 1.82 bits per heavy atom. The predicted octanol–water partition coefficient (Wildman–Crippen LogP) is 2.42. The molecular formula is C29H39N3O6S. The minimum atomic E-state index is -3.93. The van der Waals surface area contributed by atoms with Gasteiger partial charge in [0.05, 0.1) is 32.9 Å². The van der Waals surface area contributed by atoms with Gasteiger partial charge >= 0.3 is 0 Å². The SMILES string of the molecule is C[C@@H]1CN([C@H](C)CO)S(=O)(=O)c2ccc(/C=C/c3ccccc3)cc2O[C@H]1CN(C)C(=O)CN1CCOCC1. The highest BCUT2D eigenvalue weighted by molar-refractivity contribution is 7.89. The number of aliphatic hydroxyl groups is 1. The van der Waals surface area contributed by atoms with Gasteiger partial charge in [-0.25, -0.2) is 8.42 Å². The summed E-state index contributed by atoms with van der Waals surface area (Å²) in [5, 5.41) is 9.86. The maximum Gasteiger partial charge on any atom is 0.247 e. The Balaban J connectivity index is 1.62. The Kier molecular flexibility index (Phi) is 9.79. The van der Waals surface area contributed by atoms with Crippen LogP contribution in [0.2, 0.25) is 0 Å². The van der Waals surface area contributed by atoms with E-state index in [4.69, 9.17) is 9.47 Å². The van der Waals surface area contributed by atoms with Crippen molar-refractivity contribution in [2.75, 3.05) is 59.6 Å². The van der Waals surface area contributed by atoms with Crippen LogP contribution in [0.15, 0.2) is 53.4 Å². The van der Waals surface area contributed by atoms with Crippen LogP contribution in [0.25, 0.3) is 12.2 Å². The van der Waals surface area contributed by atoms with Gasteiger partial charge in [-0.3, -0.25) is 9.69 Å². The number of ether oxygens (including phenoxy) is 2. The molecule has 1 fully saturated rings. The molecule has 3 atom stereocenters. The Hall–Kier alpha value is -2.76. The van der Waals surface area contributed by atoms with Gasteiger partial charge in [0.15, 0.2) is 0 Å². The fourth-order valence-electron chi connectivity index (χ4n) is 4.76. The number of amides is 1. The van der Waals surface area contributed by atoms with Crippen molar-refractivity contribution >= 4 is 28.1 Å². The van der Waals surface area contributed by atoms with E-state index in [0.29, 0.717) is 39.4 Å². The van der Waals surface area contributed by atoms with Gasteiger partial charge in [-0.05, 0) is 30.2 Å². The first kappa shape index (κ1) is 29.2. The molecule has 0 radical (unpaired) electrons. The van der Waals surface area contributed by atoms with E-state index < -0.39 is 22.2 Å². The molecule has 0 saturated carbocycles. The molecule has 4 rings (SSSR count). The molecule has 0 aromatic heterocycles. The van der Waals surface area contributed by atoms with Crippen LogP contribution in [-0.2, 0) is 19.6 Å². The summed E-state index contributed by atoms with van der Waals surface area (Å²) in [6.07, 6.45) is 3.41. The Morgan fingerprint density at radius 1 is 1.13 bits per heavy atom. The maximum atomic E-state index is 13.7. The fourth-order valence-corrected chi connectivity index (χ4v) is 6.59. The number of aliphatic hydroxyl groups excluding tert-OH is 1. The molecule has 9 nitrogen and oxygen atoms in total. The number of benzene rings is 2. The van der Waals surface area contributed by atoms with Crippen molar-refractivity contribution in [3.63, 3.8) is 0 Å². The van der Waals surface area contributed by atoms with Gasteiger partial charge in [0.1, 0.15) is 16.7 Å². The standard InChI is InChI=1S/C29H39N3O6S/c1-22-18-32(23(2)21-33)39(35,36)28-12-11-25(10-9-24-7-5-4-6-8-24)17-26(28)38-27(22)19-30(3)29(34)20-31-13-15-37-16-14-31/h4-12,17,22-23,27,33H,13-16,18-21H2,1-3H3/b10-9+/t22-,23-,27+/m1/s1. The van der Waals surface area contributed by atoms with E-state index in [2.05, 4.69) is 4.90 Å². The molecule has 2 aromatic rings. The number of hydrogen-bond donors (Lipinski definition) is 1. The van der Waals surface area contributed by atoms with Crippen LogP contribution in [0.4, 0.5) is 0 Å². The average Bonchev–Trinajstić information content (AvgIpc) is 2.94. The zero-order valence-corrected chi connectivity index (χ0v) is 23.7. The minimum absolute atomic E-state index is 0.0252. The predicted molar refractivity (Wildman–Crippen MR) is 151 cm³/mol. The number of hydrogen-bond acceptors (Lipinski definition) is 7. The highest BCUT2D eigenvalue weighted by Gasteiger charge is 2.38. The zero-order chi connectivity index (χ0) is 28.0. The van der Waals surface area contributed by atoms with E-state index in [-0.39, 0.29) is 35.6 Å². The molecule has 2 aromatic carbocycles. The van der Waals surface area contributed by atoms with Crippen molar-refractivity contribution in [2.45, 2.75) is 30.9 Å². The van der Waals surface area contributed by atoms with Gasteiger partial charge in [-0.1, -0.05) is 55.5 Å². The molecule has 10 heteroatoms. The summed E-state index contributed by atoms with van der Waals surface area (Å²) < 4.78 is 40.6. The molecule has 1 saturated heterocycles. The Labute approximate surface area is 231 Å². The summed E-state index contributed by atoms with van der Waals surface area (Å²) in [4.78, 5) is 16.8. The van der Waals surface area contributed by atoms with Crippen LogP contribution < -0.4 is 4.74 Å². The summed E-state index contributed by atoms with van der Waals surface area (Å²) in [6.45, 7) is 6.73. The summed E-state index contributed by atoms with van der Waals surface area (Å²) in [5.41, 5.74) is 1.81. The van der Waals surface area contributed by atoms with Gasteiger partial charge in [-0.15, -0.1) is 0 Å². The molecule has 0 aliphatic carbocycles. The summed E-state index contributed by atoms with van der Waals surface area (Å²) in [5.74, 6) is -0.0299. The normalized spacial score (nSPS) is 22.9. The molecule has 0 bridgehead atoms. The third-order valence-electron chi connectivity index (χ3n) is 7.30. The number of rotatable bonds is 8. The van der Waals surface area contributed by atoms with Crippen LogP contribution in [0.1, 0.15) is 25.0 Å². The molecule has 0 unspecified atom stereocenters. The number of fused-ring (bicyclic) bond motifs is 1. The zero-order valence-electron chi connectivity index (χ0n) is 22.9. The first-order chi connectivity index (χ1) is 18.7. The van der Waals surface area contributed by atoms with Gasteiger partial charge < -0.3 is 19.5 Å². The summed E-state index contributed by atoms with van der Waals surface area (Å²) in [7, 11) is -2.18. The summed E-state index contributed by atoms with van der Waals surface area (Å²) >= 11 is 0. The second-order valence-corrected chi connectivity index (χ2v) is 12.2. The maximum absolute atomic E-state index is 13.7. The van der Waals surface area contributed by atoms with E-state index in [1.54, 1.807) is 37.1 Å². The lowest BCUT2D eigenvalue weighted by atomic mass is 10.0. The molecule has 212 valence electrons. The van der Waals surface area contributed by atoms with E-state index >= 15 is 0 Å². The lowest BCUT2D eigenvalue weighted by molar-refractivity contribution is -0.133. The third kappa shape index (κ3) is 7.26. The van der Waals surface area contributed by atoms with Gasteiger partial charge in [-0.2, -0.15) is 4.31 Å². The molecule has 2 heterocycles. The van der Waals surface area contributed by atoms with Gasteiger partial charge in [0.25, 0.3) is 0 Å². The van der Waals surface area contributed by atoms with Crippen molar-refractivity contribution in [3.05, 3.63) is 59.7 Å². The van der Waals surface area contributed by atoms with E-state index in [0.717, 1.165) is 11.1 Å². The molecule has 0 spiro atoms. The largest absolute Gasteiger partial charge is 0.487 e. The average molecular weight is 558 g/mol. The molecular weight excluding hydrogens is 518 g/mol. The number of sulfonamides is 1. The molecule has 2 aliphatic rings. The second kappa shape index (κ2) is 13.1. The monoisotopic (exact) mass is 557 g/mol. The molecule has 1 amide bonds. The van der Waals surface area contributed by atoms with Gasteiger partial charge in [0.2, 0.25) is 15.9 Å². The van der Waals surface area contributed by atoms with E-state index in [1.165, 1.54) is 4.31 Å². The van der Waals surface area contributed by atoms with Crippen LogP contribution in [0.5, 0.6) is 5.75 Å². The second-order valence-electron chi connectivity index (χ2n) is 10.4. The Bertz CT molecular complexity index is 1250. The first-order valence-corrected chi connectivity index (χ1v) is 14.8. The topological polar surface area (TPSA) is 99.6 Å².